The summed E-state index contributed by atoms with van der Waals surface area (Å²) < 4.78 is 5.47. The number of hydrogen-bond donors (Lipinski definition) is 2. The van der Waals surface area contributed by atoms with Crippen LogP contribution in [0.15, 0.2) is 12.1 Å². The van der Waals surface area contributed by atoms with Crippen LogP contribution >= 0.6 is 12.4 Å². The van der Waals surface area contributed by atoms with Crippen molar-refractivity contribution >= 4 is 18.3 Å². The number of amides is 1. The minimum atomic E-state index is 0. The topological polar surface area (TPSA) is 64.3 Å². The lowest BCUT2D eigenvalue weighted by Gasteiger charge is -2.14. The summed E-state index contributed by atoms with van der Waals surface area (Å²) in [5.41, 5.74) is 9.75. The number of methoxy groups -OCH3 is 1. The summed E-state index contributed by atoms with van der Waals surface area (Å²) in [6.07, 6.45) is 6.17. The van der Waals surface area contributed by atoms with Crippen molar-refractivity contribution in [3.05, 3.63) is 28.8 Å². The molecule has 0 saturated heterocycles. The maximum Gasteiger partial charge on any atom is 0.223 e. The quantitative estimate of drug-likeness (QED) is 0.893. The Morgan fingerprint density at radius 2 is 2.05 bits per heavy atom. The molecule has 0 unspecified atom stereocenters. The van der Waals surface area contributed by atoms with E-state index in [-0.39, 0.29) is 30.3 Å². The van der Waals surface area contributed by atoms with Crippen LogP contribution in [0.4, 0.5) is 0 Å². The largest absolute Gasteiger partial charge is 0.496 e. The predicted molar refractivity (Wildman–Crippen MR) is 89.4 cm³/mol. The number of nitrogens with one attached hydrogen (secondary N) is 1. The molecule has 0 aliphatic heterocycles. The third-order valence-electron chi connectivity index (χ3n) is 4.79. The summed E-state index contributed by atoms with van der Waals surface area (Å²) in [5, 5.41) is 3.05. The van der Waals surface area contributed by atoms with Gasteiger partial charge in [-0.2, -0.15) is 0 Å². The Bertz CT molecular complexity index is 548. The molecule has 122 valence electrons. The first-order chi connectivity index (χ1) is 10.2. The molecule has 1 aromatic carbocycles. The van der Waals surface area contributed by atoms with Crippen LogP contribution in [0.2, 0.25) is 0 Å². The Labute approximate surface area is 138 Å². The van der Waals surface area contributed by atoms with Gasteiger partial charge in [0.05, 0.1) is 7.11 Å². The molecular weight excluding hydrogens is 300 g/mol. The lowest BCUT2D eigenvalue weighted by molar-refractivity contribution is -0.125. The first-order valence-corrected chi connectivity index (χ1v) is 7.89. The molecule has 4 nitrogen and oxygen atoms in total. The molecule has 1 amide bonds. The van der Waals surface area contributed by atoms with E-state index in [2.05, 4.69) is 17.4 Å². The number of hydrogen-bond acceptors (Lipinski definition) is 3. The van der Waals surface area contributed by atoms with E-state index >= 15 is 0 Å². The highest BCUT2D eigenvalue weighted by atomic mass is 35.5. The van der Waals surface area contributed by atoms with E-state index in [9.17, 15) is 4.79 Å². The van der Waals surface area contributed by atoms with Crippen LogP contribution in [-0.4, -0.2) is 19.1 Å². The van der Waals surface area contributed by atoms with Gasteiger partial charge in [-0.1, -0.05) is 6.07 Å². The molecule has 2 aliphatic carbocycles. The Hall–Kier alpha value is -1.26. The van der Waals surface area contributed by atoms with Gasteiger partial charge >= 0.3 is 0 Å². The average molecular weight is 325 g/mol. The summed E-state index contributed by atoms with van der Waals surface area (Å²) in [4.78, 5) is 12.2. The molecule has 0 aromatic heterocycles. The van der Waals surface area contributed by atoms with Gasteiger partial charge in [0.1, 0.15) is 5.75 Å². The Morgan fingerprint density at radius 1 is 1.32 bits per heavy atom. The van der Waals surface area contributed by atoms with Crippen LogP contribution in [-0.2, 0) is 24.2 Å². The molecule has 0 radical (unpaired) electrons. The second kappa shape index (κ2) is 7.34. The van der Waals surface area contributed by atoms with Gasteiger partial charge in [-0.15, -0.1) is 12.4 Å². The van der Waals surface area contributed by atoms with Gasteiger partial charge in [0.2, 0.25) is 5.91 Å². The van der Waals surface area contributed by atoms with E-state index in [0.717, 1.165) is 43.4 Å². The van der Waals surface area contributed by atoms with E-state index in [0.29, 0.717) is 6.54 Å². The van der Waals surface area contributed by atoms with Crippen LogP contribution in [0.5, 0.6) is 5.75 Å². The molecule has 22 heavy (non-hydrogen) atoms. The minimum Gasteiger partial charge on any atom is -0.496 e. The third-order valence-corrected chi connectivity index (χ3v) is 4.79. The van der Waals surface area contributed by atoms with Crippen LogP contribution in [0.3, 0.4) is 0 Å². The van der Waals surface area contributed by atoms with Crippen molar-refractivity contribution in [1.82, 2.24) is 5.32 Å². The zero-order valence-corrected chi connectivity index (χ0v) is 13.9. The van der Waals surface area contributed by atoms with E-state index < -0.39 is 0 Å². The van der Waals surface area contributed by atoms with Gasteiger partial charge in [0.25, 0.3) is 0 Å². The lowest BCUT2D eigenvalue weighted by Crippen LogP contribution is -2.30. The normalized spacial score (nSPS) is 22.8. The zero-order chi connectivity index (χ0) is 14.8. The molecular formula is C17H25ClN2O2. The van der Waals surface area contributed by atoms with Crippen LogP contribution in [0.1, 0.15) is 42.4 Å². The summed E-state index contributed by atoms with van der Waals surface area (Å²) in [5.74, 6) is 1.10. The van der Waals surface area contributed by atoms with Crippen molar-refractivity contribution in [2.75, 3.05) is 7.11 Å². The molecule has 0 heterocycles. The van der Waals surface area contributed by atoms with Crippen LogP contribution in [0.25, 0.3) is 0 Å². The SMILES string of the molecule is COc1cc2c(cc1CNC(=O)[C@H]1CC[C@@H](N)C1)CCC2.Cl. The second-order valence-corrected chi connectivity index (χ2v) is 6.27. The molecule has 0 bridgehead atoms. The number of ether oxygens (including phenoxy) is 1. The van der Waals surface area contributed by atoms with E-state index in [1.807, 2.05) is 0 Å². The predicted octanol–water partition coefficient (Wildman–Crippen LogP) is 2.35. The molecule has 2 atom stereocenters. The van der Waals surface area contributed by atoms with E-state index in [1.54, 1.807) is 7.11 Å². The van der Waals surface area contributed by atoms with Crippen LogP contribution < -0.4 is 15.8 Å². The third kappa shape index (κ3) is 3.55. The summed E-state index contributed by atoms with van der Waals surface area (Å²) in [6.45, 7) is 0.543. The highest BCUT2D eigenvalue weighted by Gasteiger charge is 2.27. The lowest BCUT2D eigenvalue weighted by atomic mass is 10.0. The monoisotopic (exact) mass is 324 g/mol. The van der Waals surface area contributed by atoms with Gasteiger partial charge in [0, 0.05) is 24.1 Å². The second-order valence-electron chi connectivity index (χ2n) is 6.27. The molecule has 1 fully saturated rings. The van der Waals surface area contributed by atoms with Crippen molar-refractivity contribution in [3.8, 4) is 5.75 Å². The number of fused-ring (bicyclic) bond motifs is 1. The Kier molecular flexibility index (Phi) is 5.70. The van der Waals surface area contributed by atoms with Crippen molar-refractivity contribution in [2.45, 2.75) is 51.1 Å². The number of aryl methyl sites for hydroxylation is 2. The van der Waals surface area contributed by atoms with Gasteiger partial charge in [-0.3, -0.25) is 4.79 Å². The van der Waals surface area contributed by atoms with Gasteiger partial charge in [-0.25, -0.2) is 0 Å². The maximum absolute atomic E-state index is 12.2. The number of nitrogens with two attached hydrogens (primary N) is 1. The van der Waals surface area contributed by atoms with Crippen molar-refractivity contribution in [1.29, 1.82) is 0 Å². The molecule has 1 saturated carbocycles. The van der Waals surface area contributed by atoms with Crippen molar-refractivity contribution in [3.63, 3.8) is 0 Å². The number of benzene rings is 1. The van der Waals surface area contributed by atoms with Crippen molar-refractivity contribution in [2.24, 2.45) is 11.7 Å². The molecule has 1 aromatic rings. The standard InChI is InChI=1S/C17H24N2O2.ClH/c1-21-16-9-12-4-2-3-11(12)7-14(16)10-19-17(20)13-5-6-15(18)8-13;/h7,9,13,15H,2-6,8,10,18H2,1H3,(H,19,20);1H/t13-,15+;/m0./s1. The summed E-state index contributed by atoms with van der Waals surface area (Å²) >= 11 is 0. The highest BCUT2D eigenvalue weighted by molar-refractivity contribution is 5.85. The summed E-state index contributed by atoms with van der Waals surface area (Å²) in [7, 11) is 1.69. The summed E-state index contributed by atoms with van der Waals surface area (Å²) in [6, 6.07) is 4.52. The average Bonchev–Trinajstić information content (AvgIpc) is 3.11. The fraction of sp³-hybridized carbons (Fsp3) is 0.588. The molecule has 0 spiro atoms. The van der Waals surface area contributed by atoms with Gasteiger partial charge in [-0.05, 0) is 55.7 Å². The minimum absolute atomic E-state index is 0. The number of rotatable bonds is 4. The van der Waals surface area contributed by atoms with Gasteiger partial charge < -0.3 is 15.8 Å². The first kappa shape index (κ1) is 17.1. The number of carbonyl (C=O) groups excluding carboxylic acids is 1. The molecule has 2 aliphatic rings. The smallest absolute Gasteiger partial charge is 0.223 e. The zero-order valence-electron chi connectivity index (χ0n) is 13.1. The van der Waals surface area contributed by atoms with Crippen LogP contribution in [0, 0.1) is 5.92 Å². The first-order valence-electron chi connectivity index (χ1n) is 7.89. The fourth-order valence-electron chi connectivity index (χ4n) is 3.56. The maximum atomic E-state index is 12.2. The highest BCUT2D eigenvalue weighted by Crippen LogP contribution is 2.30. The fourth-order valence-corrected chi connectivity index (χ4v) is 3.56. The van der Waals surface area contributed by atoms with E-state index in [1.165, 1.54) is 17.5 Å². The molecule has 5 heteroatoms. The van der Waals surface area contributed by atoms with Gasteiger partial charge in [0.15, 0.2) is 0 Å². The van der Waals surface area contributed by atoms with E-state index in [4.69, 9.17) is 10.5 Å². The number of halogens is 1. The number of carbonyl (C=O) groups is 1. The molecule has 3 N–H and O–H groups in total. The Morgan fingerprint density at radius 3 is 2.68 bits per heavy atom. The Balaban J connectivity index is 0.00000176. The molecule has 3 rings (SSSR count). The van der Waals surface area contributed by atoms with Crippen molar-refractivity contribution < 1.29 is 9.53 Å².